The minimum absolute atomic E-state index is 0.659. The van der Waals surface area contributed by atoms with Crippen molar-refractivity contribution in [3.05, 3.63) is 65.1 Å². The maximum atomic E-state index is 6.04. The Morgan fingerprint density at radius 2 is 1.94 bits per heavy atom. The fourth-order valence-corrected chi connectivity index (χ4v) is 1.78. The molecule has 0 bridgehead atoms. The van der Waals surface area contributed by atoms with E-state index in [1.165, 1.54) is 6.33 Å². The van der Waals surface area contributed by atoms with E-state index < -0.39 is 0 Å². The summed E-state index contributed by atoms with van der Waals surface area (Å²) in [5, 5.41) is 4.72. The van der Waals surface area contributed by atoms with Crippen LogP contribution in [0.3, 0.4) is 0 Å². The Labute approximate surface area is 109 Å². The molecule has 3 nitrogen and oxygen atoms in total. The number of fused-ring (bicyclic) bond motifs is 1. The first-order valence-corrected chi connectivity index (χ1v) is 5.77. The maximum Gasteiger partial charge on any atom is 0.155 e. The Kier molecular flexibility index (Phi) is 2.71. The molecule has 0 saturated carbocycles. The Balaban J connectivity index is 2.00. The summed E-state index contributed by atoms with van der Waals surface area (Å²) in [6, 6.07) is 11.3. The molecule has 0 aliphatic carbocycles. The van der Waals surface area contributed by atoms with Crippen molar-refractivity contribution in [3.63, 3.8) is 0 Å². The minimum atomic E-state index is 0.659. The smallest absolute Gasteiger partial charge is 0.155 e. The minimum Gasteiger partial charge on any atom is -0.220 e. The van der Waals surface area contributed by atoms with Crippen LogP contribution in [0.1, 0.15) is 11.1 Å². The molecular formula is C14H8ClN3. The van der Waals surface area contributed by atoms with Crippen molar-refractivity contribution in [2.45, 2.75) is 0 Å². The fraction of sp³-hybridized carbons (Fsp3) is 0. The molecule has 2 heterocycles. The van der Waals surface area contributed by atoms with Gasteiger partial charge in [-0.25, -0.2) is 9.50 Å². The van der Waals surface area contributed by atoms with Gasteiger partial charge in [0.15, 0.2) is 5.65 Å². The van der Waals surface area contributed by atoms with Gasteiger partial charge in [0.1, 0.15) is 6.33 Å². The van der Waals surface area contributed by atoms with Gasteiger partial charge in [0, 0.05) is 17.3 Å². The highest BCUT2D eigenvalue weighted by molar-refractivity contribution is 6.31. The Bertz CT molecular complexity index is 765. The van der Waals surface area contributed by atoms with Crippen LogP contribution in [0.25, 0.3) is 5.65 Å². The molecular weight excluding hydrogens is 246 g/mol. The third-order valence-corrected chi connectivity index (χ3v) is 2.82. The zero-order valence-electron chi connectivity index (χ0n) is 9.34. The van der Waals surface area contributed by atoms with Crippen LogP contribution in [-0.4, -0.2) is 14.6 Å². The van der Waals surface area contributed by atoms with Gasteiger partial charge in [-0.1, -0.05) is 35.6 Å². The van der Waals surface area contributed by atoms with E-state index >= 15 is 0 Å². The largest absolute Gasteiger partial charge is 0.220 e. The highest BCUT2D eigenvalue weighted by Crippen LogP contribution is 2.13. The van der Waals surface area contributed by atoms with E-state index in [1.807, 2.05) is 42.6 Å². The summed E-state index contributed by atoms with van der Waals surface area (Å²) in [7, 11) is 0. The molecule has 4 heteroatoms. The molecule has 0 amide bonds. The number of hydrogen-bond donors (Lipinski definition) is 0. The molecule has 0 aliphatic rings. The topological polar surface area (TPSA) is 30.2 Å². The van der Waals surface area contributed by atoms with E-state index in [-0.39, 0.29) is 0 Å². The molecule has 3 rings (SSSR count). The molecule has 0 atom stereocenters. The van der Waals surface area contributed by atoms with Gasteiger partial charge in [-0.3, -0.25) is 0 Å². The SMILES string of the molecule is Clc1ccccc1C#Cc1ccc2ncnn2c1. The lowest BCUT2D eigenvalue weighted by Gasteiger charge is -1.94. The molecule has 0 radical (unpaired) electrons. The summed E-state index contributed by atoms with van der Waals surface area (Å²) in [4.78, 5) is 4.07. The summed E-state index contributed by atoms with van der Waals surface area (Å²) in [6.07, 6.45) is 3.35. The van der Waals surface area contributed by atoms with Crippen molar-refractivity contribution in [2.75, 3.05) is 0 Å². The lowest BCUT2D eigenvalue weighted by molar-refractivity contribution is 0.958. The summed E-state index contributed by atoms with van der Waals surface area (Å²) in [6.45, 7) is 0. The quantitative estimate of drug-likeness (QED) is 0.577. The van der Waals surface area contributed by atoms with Gasteiger partial charge in [-0.05, 0) is 24.3 Å². The van der Waals surface area contributed by atoms with Gasteiger partial charge in [0.05, 0.1) is 5.02 Å². The highest BCUT2D eigenvalue weighted by atomic mass is 35.5. The van der Waals surface area contributed by atoms with Crippen LogP contribution in [0.2, 0.25) is 5.02 Å². The van der Waals surface area contributed by atoms with Crippen molar-refractivity contribution in [1.82, 2.24) is 14.6 Å². The van der Waals surface area contributed by atoms with E-state index in [4.69, 9.17) is 11.6 Å². The lowest BCUT2D eigenvalue weighted by Crippen LogP contribution is -1.88. The van der Waals surface area contributed by atoms with Crippen LogP contribution in [0.4, 0.5) is 0 Å². The van der Waals surface area contributed by atoms with Gasteiger partial charge in [0.2, 0.25) is 0 Å². The Morgan fingerprint density at radius 3 is 2.83 bits per heavy atom. The summed E-state index contributed by atoms with van der Waals surface area (Å²) in [5.74, 6) is 6.10. The molecule has 86 valence electrons. The summed E-state index contributed by atoms with van der Waals surface area (Å²) >= 11 is 6.04. The zero-order valence-corrected chi connectivity index (χ0v) is 10.1. The van der Waals surface area contributed by atoms with Crippen molar-refractivity contribution < 1.29 is 0 Å². The van der Waals surface area contributed by atoms with Gasteiger partial charge in [0.25, 0.3) is 0 Å². The monoisotopic (exact) mass is 253 g/mol. The first kappa shape index (κ1) is 10.8. The number of nitrogens with zero attached hydrogens (tertiary/aromatic N) is 3. The fourth-order valence-electron chi connectivity index (χ4n) is 1.59. The van der Waals surface area contributed by atoms with E-state index in [0.717, 1.165) is 16.8 Å². The Morgan fingerprint density at radius 1 is 1.06 bits per heavy atom. The van der Waals surface area contributed by atoms with Crippen LogP contribution in [0.5, 0.6) is 0 Å². The molecule has 18 heavy (non-hydrogen) atoms. The number of halogens is 1. The zero-order chi connectivity index (χ0) is 12.4. The molecule has 2 aromatic heterocycles. The van der Waals surface area contributed by atoms with Gasteiger partial charge < -0.3 is 0 Å². The van der Waals surface area contributed by atoms with E-state index in [2.05, 4.69) is 21.9 Å². The second kappa shape index (κ2) is 4.52. The average molecular weight is 254 g/mol. The van der Waals surface area contributed by atoms with Crippen LogP contribution < -0.4 is 0 Å². The van der Waals surface area contributed by atoms with Gasteiger partial charge >= 0.3 is 0 Å². The molecule has 0 spiro atoms. The lowest BCUT2D eigenvalue weighted by atomic mass is 10.2. The van der Waals surface area contributed by atoms with E-state index in [1.54, 1.807) is 4.52 Å². The van der Waals surface area contributed by atoms with E-state index in [0.29, 0.717) is 5.02 Å². The molecule has 0 fully saturated rings. The number of hydrogen-bond acceptors (Lipinski definition) is 2. The van der Waals surface area contributed by atoms with Crippen molar-refractivity contribution in [2.24, 2.45) is 0 Å². The molecule has 0 saturated heterocycles. The summed E-state index contributed by atoms with van der Waals surface area (Å²) < 4.78 is 1.69. The van der Waals surface area contributed by atoms with Crippen LogP contribution in [0.15, 0.2) is 48.9 Å². The third-order valence-electron chi connectivity index (χ3n) is 2.49. The maximum absolute atomic E-state index is 6.04. The van der Waals surface area contributed by atoms with Crippen molar-refractivity contribution >= 4 is 17.2 Å². The standard InChI is InChI=1S/C14H8ClN3/c15-13-4-2-1-3-12(13)7-5-11-6-8-14-16-10-17-18(14)9-11/h1-4,6,8-10H. The third kappa shape index (κ3) is 2.06. The number of pyridine rings is 1. The van der Waals surface area contributed by atoms with Crippen molar-refractivity contribution in [1.29, 1.82) is 0 Å². The normalized spacial score (nSPS) is 10.1. The first-order chi connectivity index (χ1) is 8.83. The highest BCUT2D eigenvalue weighted by Gasteiger charge is 1.96. The van der Waals surface area contributed by atoms with Crippen LogP contribution >= 0.6 is 11.6 Å². The second-order valence-corrected chi connectivity index (χ2v) is 4.12. The molecule has 1 aromatic carbocycles. The first-order valence-electron chi connectivity index (χ1n) is 5.39. The number of benzene rings is 1. The molecule has 0 aliphatic heterocycles. The second-order valence-electron chi connectivity index (χ2n) is 3.71. The van der Waals surface area contributed by atoms with Crippen LogP contribution in [0, 0.1) is 11.8 Å². The average Bonchev–Trinajstić information content (AvgIpc) is 2.85. The predicted octanol–water partition coefficient (Wildman–Crippen LogP) is 2.78. The number of aromatic nitrogens is 3. The van der Waals surface area contributed by atoms with Crippen molar-refractivity contribution in [3.8, 4) is 11.8 Å². The van der Waals surface area contributed by atoms with Gasteiger partial charge in [-0.2, -0.15) is 5.10 Å². The molecule has 0 N–H and O–H groups in total. The predicted molar refractivity (Wildman–Crippen MR) is 70.4 cm³/mol. The van der Waals surface area contributed by atoms with Gasteiger partial charge in [-0.15, -0.1) is 0 Å². The van der Waals surface area contributed by atoms with Crippen LogP contribution in [-0.2, 0) is 0 Å². The molecule has 3 aromatic rings. The summed E-state index contributed by atoms with van der Waals surface area (Å²) in [5.41, 5.74) is 2.49. The molecule has 0 unspecified atom stereocenters. The van der Waals surface area contributed by atoms with E-state index in [9.17, 15) is 0 Å². The Hall–Kier alpha value is -2.31. The number of rotatable bonds is 0.